The van der Waals surface area contributed by atoms with Crippen LogP contribution in [0.4, 0.5) is 0 Å². The largest absolute Gasteiger partial charge is 0.385 e. The van der Waals surface area contributed by atoms with Gasteiger partial charge in [0.2, 0.25) is 0 Å². The third-order valence-electron chi connectivity index (χ3n) is 2.78. The molecule has 0 radical (unpaired) electrons. The van der Waals surface area contributed by atoms with Gasteiger partial charge in [-0.3, -0.25) is 0 Å². The molecule has 13 heavy (non-hydrogen) atoms. The second-order valence-electron chi connectivity index (χ2n) is 3.96. The zero-order valence-electron chi connectivity index (χ0n) is 7.60. The molecule has 1 aliphatic carbocycles. The molecule has 0 saturated heterocycles. The first-order chi connectivity index (χ1) is 6.12. The van der Waals surface area contributed by atoms with Crippen molar-refractivity contribution in [2.45, 2.75) is 31.4 Å². The van der Waals surface area contributed by atoms with Crippen LogP contribution in [0.1, 0.15) is 31.6 Å². The van der Waals surface area contributed by atoms with Crippen LogP contribution in [0.3, 0.4) is 0 Å². The fourth-order valence-electron chi connectivity index (χ4n) is 1.60. The van der Waals surface area contributed by atoms with E-state index in [9.17, 15) is 5.11 Å². The van der Waals surface area contributed by atoms with E-state index in [1.54, 1.807) is 5.51 Å². The number of aromatic nitrogens is 1. The van der Waals surface area contributed by atoms with E-state index in [4.69, 9.17) is 5.73 Å². The number of nitrogens with two attached hydrogens (primary N) is 1. The third-order valence-corrected chi connectivity index (χ3v) is 3.38. The molecular weight excluding hydrogens is 184 g/mol. The number of nitrogens with zero attached hydrogens (tertiary/aromatic N) is 1. The summed E-state index contributed by atoms with van der Waals surface area (Å²) in [5, 5.41) is 11.8. The lowest BCUT2D eigenvalue weighted by Crippen LogP contribution is -2.45. The quantitative estimate of drug-likeness (QED) is 0.769. The molecule has 2 unspecified atom stereocenters. The van der Waals surface area contributed by atoms with Crippen molar-refractivity contribution < 1.29 is 5.11 Å². The van der Waals surface area contributed by atoms with Crippen LogP contribution in [0.25, 0.3) is 0 Å². The topological polar surface area (TPSA) is 59.1 Å². The number of rotatable bonds is 3. The molecule has 0 aromatic carbocycles. The molecule has 1 heterocycles. The number of hydrogen-bond acceptors (Lipinski definition) is 4. The van der Waals surface area contributed by atoms with Gasteiger partial charge in [0, 0.05) is 10.9 Å². The van der Waals surface area contributed by atoms with Gasteiger partial charge >= 0.3 is 0 Å². The van der Waals surface area contributed by atoms with Crippen LogP contribution in [0.5, 0.6) is 0 Å². The summed E-state index contributed by atoms with van der Waals surface area (Å²) in [5.41, 5.74) is 8.00. The highest BCUT2D eigenvalue weighted by Gasteiger charge is 2.44. The van der Waals surface area contributed by atoms with Gasteiger partial charge in [-0.25, -0.2) is 4.98 Å². The van der Waals surface area contributed by atoms with Crippen molar-refractivity contribution >= 4 is 11.3 Å². The van der Waals surface area contributed by atoms with Gasteiger partial charge in [0.1, 0.15) is 6.10 Å². The third kappa shape index (κ3) is 1.61. The van der Waals surface area contributed by atoms with Crippen LogP contribution >= 0.6 is 11.3 Å². The van der Waals surface area contributed by atoms with Crippen LogP contribution in [0, 0.1) is 5.92 Å². The number of aliphatic hydroxyl groups excluding tert-OH is 1. The summed E-state index contributed by atoms with van der Waals surface area (Å²) >= 11 is 1.49. The Bertz CT molecular complexity index is 280. The smallest absolute Gasteiger partial charge is 0.115 e. The van der Waals surface area contributed by atoms with E-state index in [1.807, 2.05) is 12.3 Å². The fourth-order valence-corrected chi connectivity index (χ4v) is 2.18. The highest BCUT2D eigenvalue weighted by molar-refractivity contribution is 7.07. The Kier molecular flexibility index (Phi) is 2.14. The Morgan fingerprint density at radius 2 is 2.46 bits per heavy atom. The maximum absolute atomic E-state index is 9.97. The van der Waals surface area contributed by atoms with E-state index in [0.717, 1.165) is 12.8 Å². The van der Waals surface area contributed by atoms with E-state index < -0.39 is 11.6 Å². The Morgan fingerprint density at radius 3 is 2.92 bits per heavy atom. The number of thiazole rings is 1. The minimum Gasteiger partial charge on any atom is -0.385 e. The predicted octanol–water partition coefficient (Wildman–Crippen LogP) is 1.30. The average Bonchev–Trinajstić information content (AvgIpc) is 2.82. The van der Waals surface area contributed by atoms with Crippen molar-refractivity contribution in [2.24, 2.45) is 11.7 Å². The minimum atomic E-state index is -0.619. The molecule has 1 aromatic rings. The average molecular weight is 198 g/mol. The number of hydrogen-bond donors (Lipinski definition) is 2. The molecule has 2 rings (SSSR count). The van der Waals surface area contributed by atoms with Crippen molar-refractivity contribution in [3.8, 4) is 0 Å². The molecule has 72 valence electrons. The van der Waals surface area contributed by atoms with Crippen LogP contribution in [0.2, 0.25) is 0 Å². The lowest BCUT2D eigenvalue weighted by atomic mass is 9.89. The SMILES string of the molecule is CC(N)(C1CC1)C(O)c1cscn1. The highest BCUT2D eigenvalue weighted by atomic mass is 32.1. The van der Waals surface area contributed by atoms with Gasteiger partial charge in [0.25, 0.3) is 0 Å². The second-order valence-corrected chi connectivity index (χ2v) is 4.67. The zero-order valence-corrected chi connectivity index (χ0v) is 8.42. The first-order valence-corrected chi connectivity index (χ1v) is 5.41. The highest BCUT2D eigenvalue weighted by Crippen LogP contribution is 2.43. The van der Waals surface area contributed by atoms with Crippen molar-refractivity contribution in [3.63, 3.8) is 0 Å². The van der Waals surface area contributed by atoms with Crippen molar-refractivity contribution in [2.75, 3.05) is 0 Å². The normalized spacial score (nSPS) is 23.9. The lowest BCUT2D eigenvalue weighted by molar-refractivity contribution is 0.0775. The maximum Gasteiger partial charge on any atom is 0.115 e. The number of aliphatic hydroxyl groups is 1. The lowest BCUT2D eigenvalue weighted by Gasteiger charge is -2.29. The van der Waals surface area contributed by atoms with Gasteiger partial charge in [0.15, 0.2) is 0 Å². The summed E-state index contributed by atoms with van der Waals surface area (Å²) in [6.07, 6.45) is 1.65. The molecule has 0 spiro atoms. The molecule has 3 N–H and O–H groups in total. The van der Waals surface area contributed by atoms with Gasteiger partial charge in [-0.15, -0.1) is 11.3 Å². The van der Waals surface area contributed by atoms with Gasteiger partial charge in [-0.2, -0.15) is 0 Å². The van der Waals surface area contributed by atoms with Crippen molar-refractivity contribution in [1.29, 1.82) is 0 Å². The molecule has 1 fully saturated rings. The summed E-state index contributed by atoms with van der Waals surface area (Å²) in [7, 11) is 0. The standard InChI is InChI=1S/C9H14N2OS/c1-9(10,6-2-3-6)8(12)7-4-13-5-11-7/h4-6,8,12H,2-3,10H2,1H3. The molecule has 2 atom stereocenters. The van der Waals surface area contributed by atoms with Gasteiger partial charge < -0.3 is 10.8 Å². The van der Waals surface area contributed by atoms with Crippen LogP contribution < -0.4 is 5.73 Å². The first-order valence-electron chi connectivity index (χ1n) is 4.47. The molecule has 0 bridgehead atoms. The maximum atomic E-state index is 9.97. The van der Waals surface area contributed by atoms with Gasteiger partial charge in [-0.1, -0.05) is 0 Å². The zero-order chi connectivity index (χ0) is 9.47. The summed E-state index contributed by atoms with van der Waals surface area (Å²) in [5.74, 6) is 0.462. The molecule has 4 heteroatoms. The molecule has 1 aliphatic rings. The molecule has 1 aromatic heterocycles. The Morgan fingerprint density at radius 1 is 1.77 bits per heavy atom. The summed E-state index contributed by atoms with van der Waals surface area (Å²) in [4.78, 5) is 4.08. The minimum absolute atomic E-state index is 0.462. The second kappa shape index (κ2) is 3.04. The monoisotopic (exact) mass is 198 g/mol. The molecule has 3 nitrogen and oxygen atoms in total. The van der Waals surface area contributed by atoms with E-state index in [2.05, 4.69) is 4.98 Å². The molecule has 0 aliphatic heterocycles. The van der Waals surface area contributed by atoms with Gasteiger partial charge in [0.05, 0.1) is 11.2 Å². The van der Waals surface area contributed by atoms with E-state index in [-0.39, 0.29) is 0 Å². The van der Waals surface area contributed by atoms with Crippen molar-refractivity contribution in [3.05, 3.63) is 16.6 Å². The Hall–Kier alpha value is -0.450. The van der Waals surface area contributed by atoms with E-state index in [0.29, 0.717) is 11.6 Å². The fraction of sp³-hybridized carbons (Fsp3) is 0.667. The summed E-state index contributed by atoms with van der Waals surface area (Å²) < 4.78 is 0. The Labute approximate surface area is 81.6 Å². The first kappa shape index (κ1) is 9.12. The predicted molar refractivity (Wildman–Crippen MR) is 52.4 cm³/mol. The Balaban J connectivity index is 2.15. The molecule has 1 saturated carbocycles. The molecular formula is C9H14N2OS. The summed E-state index contributed by atoms with van der Waals surface area (Å²) in [6, 6.07) is 0. The van der Waals surface area contributed by atoms with Crippen molar-refractivity contribution in [1.82, 2.24) is 4.98 Å². The van der Waals surface area contributed by atoms with Gasteiger partial charge in [-0.05, 0) is 25.7 Å². The van der Waals surface area contributed by atoms with Crippen LogP contribution in [-0.2, 0) is 0 Å². The molecule has 0 amide bonds. The summed E-state index contributed by atoms with van der Waals surface area (Å²) in [6.45, 7) is 1.91. The van der Waals surface area contributed by atoms with E-state index >= 15 is 0 Å². The van der Waals surface area contributed by atoms with E-state index in [1.165, 1.54) is 11.3 Å². The van der Waals surface area contributed by atoms with Crippen LogP contribution in [-0.4, -0.2) is 15.6 Å². The van der Waals surface area contributed by atoms with Crippen LogP contribution in [0.15, 0.2) is 10.9 Å².